The molecule has 1 aromatic rings. The highest BCUT2D eigenvalue weighted by molar-refractivity contribution is 6.04. The minimum atomic E-state index is -4.89. The van der Waals surface area contributed by atoms with Crippen molar-refractivity contribution < 1.29 is 27.5 Å². The molecule has 0 spiro atoms. The predicted octanol–water partition coefficient (Wildman–Crippen LogP) is 2.88. The van der Waals surface area contributed by atoms with Gasteiger partial charge in [-0.15, -0.1) is 0 Å². The highest BCUT2D eigenvalue weighted by atomic mass is 19.4. The molecule has 0 heterocycles. The topological polar surface area (TPSA) is 43.4 Å². The van der Waals surface area contributed by atoms with E-state index in [1.807, 2.05) is 0 Å². The van der Waals surface area contributed by atoms with Crippen LogP contribution in [-0.2, 0) is 9.53 Å². The number of esters is 1. The van der Waals surface area contributed by atoms with E-state index in [0.717, 1.165) is 6.92 Å². The second kappa shape index (κ2) is 5.48. The molecular formula is C12H9F3O3. The van der Waals surface area contributed by atoms with E-state index in [9.17, 15) is 22.8 Å². The summed E-state index contributed by atoms with van der Waals surface area (Å²) in [5.74, 6) is -3.65. The normalized spacial score (nSPS) is 12.1. The molecule has 0 saturated heterocycles. The third kappa shape index (κ3) is 4.04. The number of carbonyl (C=O) groups is 2. The molecule has 0 aromatic heterocycles. The molecule has 0 N–H and O–H groups in total. The van der Waals surface area contributed by atoms with Crippen LogP contribution in [-0.4, -0.2) is 17.9 Å². The van der Waals surface area contributed by atoms with Gasteiger partial charge in [-0.3, -0.25) is 9.59 Å². The highest BCUT2D eigenvalue weighted by Crippen LogP contribution is 2.27. The van der Waals surface area contributed by atoms with Crippen molar-refractivity contribution >= 4 is 11.8 Å². The Kier molecular flexibility index (Phi) is 4.25. The zero-order valence-electron chi connectivity index (χ0n) is 9.32. The largest absolute Gasteiger partial charge is 0.449 e. The van der Waals surface area contributed by atoms with Gasteiger partial charge >= 0.3 is 12.1 Å². The SMILES string of the molecule is CC(=O)OC(=CC(=O)c1ccccc1)C(F)(F)F. The van der Waals surface area contributed by atoms with Crippen LogP contribution in [0, 0.1) is 0 Å². The quantitative estimate of drug-likeness (QED) is 0.362. The lowest BCUT2D eigenvalue weighted by Crippen LogP contribution is -2.18. The van der Waals surface area contributed by atoms with Crippen LogP contribution >= 0.6 is 0 Å². The van der Waals surface area contributed by atoms with Crippen molar-refractivity contribution in [2.75, 3.05) is 0 Å². The van der Waals surface area contributed by atoms with Gasteiger partial charge in [0.15, 0.2) is 5.78 Å². The number of carbonyl (C=O) groups excluding carboxylic acids is 2. The summed E-state index contributed by atoms with van der Waals surface area (Å²) < 4.78 is 41.4. The first-order chi connectivity index (χ1) is 8.30. The predicted molar refractivity (Wildman–Crippen MR) is 56.7 cm³/mol. The van der Waals surface area contributed by atoms with Gasteiger partial charge in [0, 0.05) is 18.6 Å². The molecular weight excluding hydrogens is 249 g/mol. The second-order valence-corrected chi connectivity index (χ2v) is 3.33. The molecule has 0 aliphatic heterocycles. The fraction of sp³-hybridized carbons (Fsp3) is 0.167. The Balaban J connectivity index is 3.03. The first-order valence-corrected chi connectivity index (χ1v) is 4.87. The van der Waals surface area contributed by atoms with Crippen LogP contribution in [0.1, 0.15) is 17.3 Å². The minimum Gasteiger partial charge on any atom is -0.421 e. The van der Waals surface area contributed by atoms with Gasteiger partial charge in [-0.25, -0.2) is 0 Å². The smallest absolute Gasteiger partial charge is 0.421 e. The van der Waals surface area contributed by atoms with E-state index < -0.39 is 23.7 Å². The fourth-order valence-corrected chi connectivity index (χ4v) is 1.13. The van der Waals surface area contributed by atoms with Crippen LogP contribution < -0.4 is 0 Å². The van der Waals surface area contributed by atoms with E-state index in [2.05, 4.69) is 4.74 Å². The van der Waals surface area contributed by atoms with E-state index >= 15 is 0 Å². The average Bonchev–Trinajstić information content (AvgIpc) is 2.27. The number of rotatable bonds is 3. The van der Waals surface area contributed by atoms with Crippen molar-refractivity contribution in [1.29, 1.82) is 0 Å². The molecule has 0 radical (unpaired) electrons. The Morgan fingerprint density at radius 3 is 2.17 bits per heavy atom. The molecule has 6 heteroatoms. The molecule has 0 fully saturated rings. The number of ketones is 1. The molecule has 0 bridgehead atoms. The molecule has 1 rings (SSSR count). The molecule has 0 aliphatic carbocycles. The maximum Gasteiger partial charge on any atom is 0.449 e. The Labute approximate surface area is 101 Å². The number of ether oxygens (including phenoxy) is 1. The van der Waals surface area contributed by atoms with Crippen molar-refractivity contribution in [2.24, 2.45) is 0 Å². The number of benzene rings is 1. The first-order valence-electron chi connectivity index (χ1n) is 4.87. The fourth-order valence-electron chi connectivity index (χ4n) is 1.13. The summed E-state index contributed by atoms with van der Waals surface area (Å²) >= 11 is 0. The van der Waals surface area contributed by atoms with Gasteiger partial charge in [0.05, 0.1) is 0 Å². The summed E-state index contributed by atoms with van der Waals surface area (Å²) in [6.45, 7) is 0.826. The zero-order chi connectivity index (χ0) is 13.8. The number of alkyl halides is 3. The van der Waals surface area contributed by atoms with Crippen molar-refractivity contribution in [2.45, 2.75) is 13.1 Å². The van der Waals surface area contributed by atoms with Crippen molar-refractivity contribution in [3.63, 3.8) is 0 Å². The Bertz CT molecular complexity index is 475. The lowest BCUT2D eigenvalue weighted by molar-refractivity contribution is -0.158. The molecule has 0 amide bonds. The van der Waals surface area contributed by atoms with Crippen LogP contribution in [0.4, 0.5) is 13.2 Å². The Morgan fingerprint density at radius 2 is 1.72 bits per heavy atom. The van der Waals surface area contributed by atoms with Crippen molar-refractivity contribution in [3.8, 4) is 0 Å². The van der Waals surface area contributed by atoms with Crippen LogP contribution in [0.15, 0.2) is 42.2 Å². The van der Waals surface area contributed by atoms with E-state index in [0.29, 0.717) is 0 Å². The van der Waals surface area contributed by atoms with Gasteiger partial charge in [-0.05, 0) is 0 Å². The zero-order valence-corrected chi connectivity index (χ0v) is 9.32. The standard InChI is InChI=1S/C12H9F3O3/c1-8(16)18-11(12(13,14)15)7-10(17)9-5-3-2-4-6-9/h2-7H,1H3. The molecule has 0 unspecified atom stereocenters. The van der Waals surface area contributed by atoms with Crippen LogP contribution in [0.3, 0.4) is 0 Å². The van der Waals surface area contributed by atoms with Gasteiger partial charge in [0.2, 0.25) is 5.76 Å². The lowest BCUT2D eigenvalue weighted by atomic mass is 10.1. The third-order valence-corrected chi connectivity index (χ3v) is 1.85. The number of hydrogen-bond acceptors (Lipinski definition) is 3. The maximum absolute atomic E-state index is 12.5. The molecule has 0 aliphatic rings. The monoisotopic (exact) mass is 258 g/mol. The van der Waals surface area contributed by atoms with E-state index in [1.54, 1.807) is 6.07 Å². The second-order valence-electron chi connectivity index (χ2n) is 3.33. The Hall–Kier alpha value is -2.11. The number of allylic oxidation sites excluding steroid dienone is 2. The summed E-state index contributed by atoms with van der Waals surface area (Å²) in [5, 5.41) is 0. The minimum absolute atomic E-state index is 0.0754. The van der Waals surface area contributed by atoms with Gasteiger partial charge in [0.25, 0.3) is 0 Å². The van der Waals surface area contributed by atoms with E-state index in [1.165, 1.54) is 24.3 Å². The summed E-state index contributed by atoms with van der Waals surface area (Å²) in [4.78, 5) is 22.1. The van der Waals surface area contributed by atoms with Gasteiger partial charge in [-0.1, -0.05) is 30.3 Å². The van der Waals surface area contributed by atoms with Crippen LogP contribution in [0.25, 0.3) is 0 Å². The molecule has 1 aromatic carbocycles. The van der Waals surface area contributed by atoms with Crippen LogP contribution in [0.2, 0.25) is 0 Å². The van der Waals surface area contributed by atoms with Gasteiger partial charge in [0.1, 0.15) is 0 Å². The third-order valence-electron chi connectivity index (χ3n) is 1.85. The summed E-state index contributed by atoms with van der Waals surface area (Å²) in [6, 6.07) is 7.37. The maximum atomic E-state index is 12.5. The van der Waals surface area contributed by atoms with Gasteiger partial charge in [-0.2, -0.15) is 13.2 Å². The average molecular weight is 258 g/mol. The Morgan fingerprint density at radius 1 is 1.17 bits per heavy atom. The van der Waals surface area contributed by atoms with Crippen molar-refractivity contribution in [3.05, 3.63) is 47.7 Å². The summed E-state index contributed by atoms with van der Waals surface area (Å²) in [7, 11) is 0. The van der Waals surface area contributed by atoms with Gasteiger partial charge < -0.3 is 4.74 Å². The summed E-state index contributed by atoms with van der Waals surface area (Å²) in [5.41, 5.74) is 0.0754. The highest BCUT2D eigenvalue weighted by Gasteiger charge is 2.37. The molecule has 18 heavy (non-hydrogen) atoms. The van der Waals surface area contributed by atoms with E-state index in [-0.39, 0.29) is 11.6 Å². The van der Waals surface area contributed by atoms with E-state index in [4.69, 9.17) is 0 Å². The molecule has 3 nitrogen and oxygen atoms in total. The number of halogens is 3. The number of hydrogen-bond donors (Lipinski definition) is 0. The molecule has 0 atom stereocenters. The first kappa shape index (κ1) is 14.0. The summed E-state index contributed by atoms with van der Waals surface area (Å²) in [6.07, 6.45) is -4.63. The van der Waals surface area contributed by atoms with Crippen LogP contribution in [0.5, 0.6) is 0 Å². The molecule has 96 valence electrons. The van der Waals surface area contributed by atoms with Crippen molar-refractivity contribution in [1.82, 2.24) is 0 Å². The molecule has 0 saturated carbocycles. The lowest BCUT2D eigenvalue weighted by Gasteiger charge is -2.10.